The lowest BCUT2D eigenvalue weighted by Crippen LogP contribution is -2.48. The molecule has 0 fully saturated rings. The fourth-order valence-electron chi connectivity index (χ4n) is 2.93. The molecular formula is C21H27ClN2O3S. The van der Waals surface area contributed by atoms with Gasteiger partial charge in [0, 0.05) is 11.6 Å². The van der Waals surface area contributed by atoms with Gasteiger partial charge in [-0.25, -0.2) is 8.42 Å². The number of carbonyl (C=O) groups is 1. The first kappa shape index (κ1) is 22.2. The number of hydrogen-bond donors (Lipinski definition) is 1. The highest BCUT2D eigenvalue weighted by atomic mass is 35.5. The number of carbonyl (C=O) groups excluding carboxylic acids is 1. The van der Waals surface area contributed by atoms with Crippen molar-refractivity contribution in [3.05, 3.63) is 64.2 Å². The molecule has 0 spiro atoms. The van der Waals surface area contributed by atoms with E-state index >= 15 is 0 Å². The molecule has 1 amide bonds. The maximum absolute atomic E-state index is 12.6. The first-order chi connectivity index (χ1) is 13.1. The van der Waals surface area contributed by atoms with Crippen molar-refractivity contribution in [1.29, 1.82) is 0 Å². The normalized spacial score (nSPS) is 12.5. The summed E-state index contributed by atoms with van der Waals surface area (Å²) in [4.78, 5) is 12.6. The predicted octanol–water partition coefficient (Wildman–Crippen LogP) is 3.86. The molecule has 2 aromatic rings. The molecule has 0 unspecified atom stereocenters. The maximum Gasteiger partial charge on any atom is 0.243 e. The van der Waals surface area contributed by atoms with E-state index in [0.717, 1.165) is 29.0 Å². The Hall–Kier alpha value is -2.05. The van der Waals surface area contributed by atoms with Crippen LogP contribution in [0.5, 0.6) is 0 Å². The van der Waals surface area contributed by atoms with Crippen LogP contribution < -0.4 is 9.62 Å². The van der Waals surface area contributed by atoms with E-state index in [9.17, 15) is 13.2 Å². The zero-order valence-corrected chi connectivity index (χ0v) is 18.3. The van der Waals surface area contributed by atoms with Crippen molar-refractivity contribution >= 4 is 33.2 Å². The summed E-state index contributed by atoms with van der Waals surface area (Å²) in [5, 5.41) is 3.29. The Morgan fingerprint density at radius 3 is 2.36 bits per heavy atom. The summed E-state index contributed by atoms with van der Waals surface area (Å²) in [5.41, 5.74) is 3.63. The van der Waals surface area contributed by atoms with Gasteiger partial charge in [-0.1, -0.05) is 47.5 Å². The van der Waals surface area contributed by atoms with E-state index < -0.39 is 16.1 Å². The zero-order chi connectivity index (χ0) is 20.9. The Morgan fingerprint density at radius 2 is 1.79 bits per heavy atom. The van der Waals surface area contributed by atoms with Crippen LogP contribution in [0.1, 0.15) is 30.0 Å². The van der Waals surface area contributed by atoms with Gasteiger partial charge in [-0.05, 0) is 56.9 Å². The molecule has 0 aliphatic rings. The van der Waals surface area contributed by atoms with Crippen molar-refractivity contribution in [2.45, 2.75) is 39.7 Å². The van der Waals surface area contributed by atoms with Gasteiger partial charge in [0.15, 0.2) is 0 Å². The molecule has 0 saturated heterocycles. The Balaban J connectivity index is 2.01. The Morgan fingerprint density at radius 1 is 1.14 bits per heavy atom. The highest BCUT2D eigenvalue weighted by Gasteiger charge is 2.29. The van der Waals surface area contributed by atoms with Gasteiger partial charge in [-0.15, -0.1) is 0 Å². The Kier molecular flexibility index (Phi) is 7.49. The van der Waals surface area contributed by atoms with Gasteiger partial charge in [-0.3, -0.25) is 9.10 Å². The highest BCUT2D eigenvalue weighted by molar-refractivity contribution is 7.92. The van der Waals surface area contributed by atoms with Crippen LogP contribution in [0, 0.1) is 13.8 Å². The molecule has 152 valence electrons. The topological polar surface area (TPSA) is 66.5 Å². The number of sulfonamides is 1. The van der Waals surface area contributed by atoms with E-state index in [1.165, 1.54) is 11.1 Å². The largest absolute Gasteiger partial charge is 0.354 e. The lowest BCUT2D eigenvalue weighted by Gasteiger charge is -2.28. The lowest BCUT2D eigenvalue weighted by atomic mass is 10.1. The van der Waals surface area contributed by atoms with Crippen molar-refractivity contribution in [2.75, 3.05) is 17.1 Å². The molecular weight excluding hydrogens is 396 g/mol. The van der Waals surface area contributed by atoms with Gasteiger partial charge in [0.05, 0.1) is 11.9 Å². The van der Waals surface area contributed by atoms with E-state index in [0.29, 0.717) is 17.3 Å². The summed E-state index contributed by atoms with van der Waals surface area (Å²) in [6, 6.07) is 12.4. The molecule has 0 aliphatic heterocycles. The molecule has 28 heavy (non-hydrogen) atoms. The fraction of sp³-hybridized carbons (Fsp3) is 0.381. The van der Waals surface area contributed by atoms with Crippen LogP contribution in [-0.2, 0) is 21.2 Å². The van der Waals surface area contributed by atoms with Crippen LogP contribution in [0.4, 0.5) is 5.69 Å². The van der Waals surface area contributed by atoms with E-state index in [1.54, 1.807) is 25.1 Å². The van der Waals surface area contributed by atoms with E-state index in [1.807, 2.05) is 13.8 Å². The zero-order valence-electron chi connectivity index (χ0n) is 16.7. The third kappa shape index (κ3) is 5.97. The number of halogens is 1. The standard InChI is InChI=1S/C21H27ClN2O3S/c1-15-7-10-18(11-8-15)6-5-13-23-21(25)17(3)24(28(4,26)27)19-12-9-16(2)20(22)14-19/h7-12,14,17H,5-6,13H2,1-4H3,(H,23,25)/t17-/m0/s1. The van der Waals surface area contributed by atoms with Crippen LogP contribution in [0.2, 0.25) is 5.02 Å². The second kappa shape index (κ2) is 9.43. The van der Waals surface area contributed by atoms with E-state index in [4.69, 9.17) is 11.6 Å². The molecule has 0 aliphatic carbocycles. The van der Waals surface area contributed by atoms with Gasteiger partial charge >= 0.3 is 0 Å². The van der Waals surface area contributed by atoms with E-state index in [2.05, 4.69) is 29.6 Å². The number of benzene rings is 2. The highest BCUT2D eigenvalue weighted by Crippen LogP contribution is 2.26. The van der Waals surface area contributed by atoms with Gasteiger partial charge in [0.1, 0.15) is 6.04 Å². The monoisotopic (exact) mass is 422 g/mol. The van der Waals surface area contributed by atoms with Gasteiger partial charge < -0.3 is 5.32 Å². The third-order valence-corrected chi connectivity index (χ3v) is 6.21. The number of aryl methyl sites for hydroxylation is 3. The van der Waals surface area contributed by atoms with Gasteiger partial charge in [0.25, 0.3) is 0 Å². The molecule has 0 heterocycles. The van der Waals surface area contributed by atoms with Crippen LogP contribution in [0.25, 0.3) is 0 Å². The summed E-state index contributed by atoms with van der Waals surface area (Å²) in [6.07, 6.45) is 2.71. The molecule has 1 atom stereocenters. The Bertz CT molecular complexity index is 927. The van der Waals surface area contributed by atoms with Gasteiger partial charge in [0.2, 0.25) is 15.9 Å². The Labute approximate surface area is 172 Å². The second-order valence-electron chi connectivity index (χ2n) is 7.05. The second-order valence-corrected chi connectivity index (χ2v) is 9.32. The van der Waals surface area contributed by atoms with Crippen molar-refractivity contribution in [3.63, 3.8) is 0 Å². The average Bonchev–Trinajstić information content (AvgIpc) is 2.62. The predicted molar refractivity (Wildman–Crippen MR) is 115 cm³/mol. The lowest BCUT2D eigenvalue weighted by molar-refractivity contribution is -0.121. The molecule has 0 saturated carbocycles. The minimum atomic E-state index is -3.66. The van der Waals surface area contributed by atoms with Crippen molar-refractivity contribution in [3.8, 4) is 0 Å². The molecule has 2 aromatic carbocycles. The molecule has 2 rings (SSSR count). The minimum Gasteiger partial charge on any atom is -0.354 e. The molecule has 0 aromatic heterocycles. The van der Waals surface area contributed by atoms with E-state index in [-0.39, 0.29) is 5.91 Å². The van der Waals surface area contributed by atoms with Crippen molar-refractivity contribution in [2.24, 2.45) is 0 Å². The average molecular weight is 423 g/mol. The molecule has 0 radical (unpaired) electrons. The SMILES string of the molecule is Cc1ccc(CCCNC(=O)[C@H](C)N(c2ccc(C)c(Cl)c2)S(C)(=O)=O)cc1. The number of nitrogens with one attached hydrogen (secondary N) is 1. The third-order valence-electron chi connectivity index (χ3n) is 4.56. The summed E-state index contributed by atoms with van der Waals surface area (Å²) >= 11 is 6.14. The van der Waals surface area contributed by atoms with Gasteiger partial charge in [-0.2, -0.15) is 0 Å². The van der Waals surface area contributed by atoms with Crippen molar-refractivity contribution in [1.82, 2.24) is 5.32 Å². The number of amides is 1. The van der Waals surface area contributed by atoms with Crippen LogP contribution in [-0.4, -0.2) is 33.2 Å². The number of rotatable bonds is 8. The number of hydrogen-bond acceptors (Lipinski definition) is 3. The maximum atomic E-state index is 12.6. The first-order valence-electron chi connectivity index (χ1n) is 9.18. The molecule has 5 nitrogen and oxygen atoms in total. The minimum absolute atomic E-state index is 0.342. The fourth-order valence-corrected chi connectivity index (χ4v) is 4.28. The quantitative estimate of drug-likeness (QED) is 0.657. The summed E-state index contributed by atoms with van der Waals surface area (Å²) < 4.78 is 25.7. The van der Waals surface area contributed by atoms with Crippen LogP contribution in [0.15, 0.2) is 42.5 Å². The van der Waals surface area contributed by atoms with Crippen molar-refractivity contribution < 1.29 is 13.2 Å². The van der Waals surface area contributed by atoms with Crippen LogP contribution in [0.3, 0.4) is 0 Å². The summed E-state index contributed by atoms with van der Waals surface area (Å²) in [5.74, 6) is -0.342. The number of nitrogens with zero attached hydrogens (tertiary/aromatic N) is 1. The smallest absolute Gasteiger partial charge is 0.243 e. The summed E-state index contributed by atoms with van der Waals surface area (Å²) in [6.45, 7) is 5.93. The molecule has 1 N–H and O–H groups in total. The number of anilines is 1. The summed E-state index contributed by atoms with van der Waals surface area (Å²) in [7, 11) is -3.66. The first-order valence-corrected chi connectivity index (χ1v) is 11.4. The van der Waals surface area contributed by atoms with Crippen LogP contribution >= 0.6 is 11.6 Å². The molecule has 0 bridgehead atoms. The molecule has 7 heteroatoms.